The molecule has 0 bridgehead atoms. The van der Waals surface area contributed by atoms with Crippen molar-refractivity contribution >= 4 is 11.9 Å². The molecule has 1 fully saturated rings. The Morgan fingerprint density at radius 3 is 2.63 bits per heavy atom. The smallest absolute Gasteiger partial charge is 0.326 e. The molecule has 2 rings (SSSR count). The Morgan fingerprint density at radius 2 is 2.05 bits per heavy atom. The summed E-state index contributed by atoms with van der Waals surface area (Å²) in [6, 6.07) is 3.40. The van der Waals surface area contributed by atoms with E-state index in [1.54, 1.807) is 13.0 Å². The second-order valence-electron chi connectivity index (χ2n) is 4.70. The van der Waals surface area contributed by atoms with Crippen molar-refractivity contribution in [3.05, 3.63) is 29.3 Å². The van der Waals surface area contributed by atoms with Crippen LogP contribution in [-0.2, 0) is 4.79 Å². The van der Waals surface area contributed by atoms with Crippen LogP contribution in [0.5, 0.6) is 5.75 Å². The number of carbonyl (C=O) groups excluding carboxylic acids is 1. The third-order valence-electron chi connectivity index (χ3n) is 3.28. The van der Waals surface area contributed by atoms with Gasteiger partial charge < -0.3 is 20.2 Å². The van der Waals surface area contributed by atoms with E-state index >= 15 is 0 Å². The van der Waals surface area contributed by atoms with Crippen LogP contribution in [0.15, 0.2) is 18.2 Å². The zero-order valence-corrected chi connectivity index (χ0v) is 10.4. The Kier molecular flexibility index (Phi) is 3.44. The Bertz CT molecular complexity index is 528. The van der Waals surface area contributed by atoms with E-state index in [-0.39, 0.29) is 24.3 Å². The topological polar surface area (TPSA) is 98.1 Å². The number of benzene rings is 1. The summed E-state index contributed by atoms with van der Waals surface area (Å²) in [5.41, 5.74) is 0.844. The summed E-state index contributed by atoms with van der Waals surface area (Å²) in [6.45, 7) is 1.69. The molecule has 0 aliphatic carbocycles. The van der Waals surface area contributed by atoms with Crippen molar-refractivity contribution in [2.45, 2.75) is 25.5 Å². The van der Waals surface area contributed by atoms with Gasteiger partial charge in [-0.05, 0) is 24.6 Å². The molecular weight excluding hydrogens is 250 g/mol. The molecule has 3 N–H and O–H groups in total. The molecule has 0 saturated carbocycles. The molecule has 1 amide bonds. The number of carbonyl (C=O) groups is 2. The van der Waals surface area contributed by atoms with Crippen LogP contribution in [0.1, 0.15) is 22.3 Å². The van der Waals surface area contributed by atoms with Gasteiger partial charge >= 0.3 is 5.97 Å². The number of aliphatic hydroxyl groups is 1. The molecule has 1 aromatic rings. The lowest BCUT2D eigenvalue weighted by Crippen LogP contribution is -2.40. The first-order valence-electron chi connectivity index (χ1n) is 5.91. The second-order valence-corrected chi connectivity index (χ2v) is 4.70. The first-order chi connectivity index (χ1) is 8.90. The third kappa shape index (κ3) is 2.53. The van der Waals surface area contributed by atoms with Crippen molar-refractivity contribution in [2.75, 3.05) is 6.54 Å². The number of aliphatic hydroxyl groups excluding tert-OH is 1. The van der Waals surface area contributed by atoms with E-state index in [2.05, 4.69) is 0 Å². The first-order valence-corrected chi connectivity index (χ1v) is 5.91. The molecule has 2 unspecified atom stereocenters. The summed E-state index contributed by atoms with van der Waals surface area (Å²) in [4.78, 5) is 24.4. The quantitative estimate of drug-likeness (QED) is 0.717. The number of β-amino-alcohol motifs (C(OH)–C–C–N with tert-alkyl or cyclic N) is 1. The van der Waals surface area contributed by atoms with Gasteiger partial charge in [-0.1, -0.05) is 6.07 Å². The van der Waals surface area contributed by atoms with Gasteiger partial charge in [0.15, 0.2) is 0 Å². The lowest BCUT2D eigenvalue weighted by Gasteiger charge is -2.21. The molecule has 1 saturated heterocycles. The van der Waals surface area contributed by atoms with Crippen LogP contribution in [0.2, 0.25) is 0 Å². The van der Waals surface area contributed by atoms with Gasteiger partial charge in [-0.2, -0.15) is 0 Å². The number of aliphatic carboxylic acids is 1. The van der Waals surface area contributed by atoms with Crippen molar-refractivity contribution in [3.8, 4) is 5.75 Å². The van der Waals surface area contributed by atoms with Gasteiger partial charge in [0.05, 0.1) is 6.10 Å². The third-order valence-corrected chi connectivity index (χ3v) is 3.28. The first kappa shape index (κ1) is 13.4. The van der Waals surface area contributed by atoms with Crippen LogP contribution in [0, 0.1) is 6.92 Å². The molecule has 1 aliphatic rings. The summed E-state index contributed by atoms with van der Waals surface area (Å²) in [5, 5.41) is 28.1. The summed E-state index contributed by atoms with van der Waals surface area (Å²) in [7, 11) is 0. The van der Waals surface area contributed by atoms with Gasteiger partial charge in [0.2, 0.25) is 0 Å². The number of carboxylic acid groups (broad SMARTS) is 1. The largest absolute Gasteiger partial charge is 0.508 e. The number of phenols is 1. The van der Waals surface area contributed by atoms with E-state index in [0.717, 1.165) is 4.90 Å². The molecule has 1 aliphatic heterocycles. The summed E-state index contributed by atoms with van der Waals surface area (Å²) < 4.78 is 0. The predicted molar refractivity (Wildman–Crippen MR) is 65.9 cm³/mol. The normalized spacial score (nSPS) is 22.5. The molecule has 102 valence electrons. The number of likely N-dealkylation sites (tertiary alicyclic amines) is 1. The summed E-state index contributed by atoms with van der Waals surface area (Å²) in [5.74, 6) is -1.65. The number of phenolic OH excluding ortho intramolecular Hbond substituents is 1. The van der Waals surface area contributed by atoms with Crippen LogP contribution in [0.25, 0.3) is 0 Å². The highest BCUT2D eigenvalue weighted by molar-refractivity contribution is 5.97. The van der Waals surface area contributed by atoms with E-state index in [9.17, 15) is 19.8 Å². The minimum atomic E-state index is -1.14. The van der Waals surface area contributed by atoms with Gasteiger partial charge in [-0.25, -0.2) is 4.79 Å². The maximum atomic E-state index is 12.2. The summed E-state index contributed by atoms with van der Waals surface area (Å²) in [6.07, 6.45) is -0.803. The SMILES string of the molecule is Cc1ccc(C(=O)N2CC(O)CC2C(=O)O)cc1O. The monoisotopic (exact) mass is 265 g/mol. The Balaban J connectivity index is 2.27. The number of rotatable bonds is 2. The average Bonchev–Trinajstić information content (AvgIpc) is 2.74. The lowest BCUT2D eigenvalue weighted by molar-refractivity contribution is -0.141. The number of carboxylic acids is 1. The zero-order chi connectivity index (χ0) is 14.2. The minimum Gasteiger partial charge on any atom is -0.508 e. The van der Waals surface area contributed by atoms with Gasteiger partial charge in [0, 0.05) is 18.5 Å². The van der Waals surface area contributed by atoms with E-state index in [0.29, 0.717) is 5.56 Å². The molecule has 0 aromatic heterocycles. The van der Waals surface area contributed by atoms with Crippen molar-refractivity contribution in [2.24, 2.45) is 0 Å². The molecule has 6 nitrogen and oxygen atoms in total. The second kappa shape index (κ2) is 4.89. The molecule has 6 heteroatoms. The number of hydrogen-bond donors (Lipinski definition) is 3. The van der Waals surface area contributed by atoms with Crippen molar-refractivity contribution in [1.29, 1.82) is 0 Å². The molecule has 0 radical (unpaired) electrons. The maximum absolute atomic E-state index is 12.2. The van der Waals surface area contributed by atoms with Crippen LogP contribution in [0.3, 0.4) is 0 Å². The molecule has 0 spiro atoms. The number of amides is 1. The maximum Gasteiger partial charge on any atom is 0.326 e. The fourth-order valence-electron chi connectivity index (χ4n) is 2.18. The highest BCUT2D eigenvalue weighted by Gasteiger charge is 2.39. The number of aryl methyl sites for hydroxylation is 1. The Morgan fingerprint density at radius 1 is 1.37 bits per heavy atom. The predicted octanol–water partition coefficient (Wildman–Crippen LogP) is 0.361. The molecule has 1 heterocycles. The van der Waals surface area contributed by atoms with Crippen LogP contribution < -0.4 is 0 Å². The molecular formula is C13H15NO5. The van der Waals surface area contributed by atoms with Crippen LogP contribution in [-0.4, -0.2) is 50.8 Å². The highest BCUT2D eigenvalue weighted by Crippen LogP contribution is 2.23. The highest BCUT2D eigenvalue weighted by atomic mass is 16.4. The van der Waals surface area contributed by atoms with Gasteiger partial charge in [-0.15, -0.1) is 0 Å². The average molecular weight is 265 g/mol. The molecule has 19 heavy (non-hydrogen) atoms. The van der Waals surface area contributed by atoms with Gasteiger partial charge in [0.1, 0.15) is 11.8 Å². The van der Waals surface area contributed by atoms with E-state index in [1.165, 1.54) is 12.1 Å². The minimum absolute atomic E-state index is 0.00949. The lowest BCUT2D eigenvalue weighted by atomic mass is 10.1. The van der Waals surface area contributed by atoms with Crippen LogP contribution in [0.4, 0.5) is 0 Å². The van der Waals surface area contributed by atoms with E-state index in [1.807, 2.05) is 0 Å². The summed E-state index contributed by atoms with van der Waals surface area (Å²) >= 11 is 0. The van der Waals surface area contributed by atoms with E-state index in [4.69, 9.17) is 5.11 Å². The van der Waals surface area contributed by atoms with E-state index < -0.39 is 24.0 Å². The number of hydrogen-bond acceptors (Lipinski definition) is 4. The fourth-order valence-corrected chi connectivity index (χ4v) is 2.18. The standard InChI is InChI=1S/C13H15NO5/c1-7-2-3-8(4-11(7)16)12(17)14-6-9(15)5-10(14)13(18)19/h2-4,9-10,15-16H,5-6H2,1H3,(H,18,19). The van der Waals surface area contributed by atoms with Crippen LogP contribution >= 0.6 is 0 Å². The number of aromatic hydroxyl groups is 1. The number of nitrogens with zero attached hydrogens (tertiary/aromatic N) is 1. The molecule has 1 aromatic carbocycles. The Labute approximate surface area is 109 Å². The van der Waals surface area contributed by atoms with Gasteiger partial charge in [0.25, 0.3) is 5.91 Å². The fraction of sp³-hybridized carbons (Fsp3) is 0.385. The van der Waals surface area contributed by atoms with Gasteiger partial charge in [-0.3, -0.25) is 4.79 Å². The van der Waals surface area contributed by atoms with Crippen molar-refractivity contribution in [1.82, 2.24) is 4.90 Å². The Hall–Kier alpha value is -2.08. The van der Waals surface area contributed by atoms with Crippen molar-refractivity contribution in [3.63, 3.8) is 0 Å². The molecule has 2 atom stereocenters. The zero-order valence-electron chi connectivity index (χ0n) is 10.4. The van der Waals surface area contributed by atoms with Crippen molar-refractivity contribution < 1.29 is 24.9 Å².